The first-order valence-corrected chi connectivity index (χ1v) is 13.9. The monoisotopic (exact) mass is 676 g/mol. The van der Waals surface area contributed by atoms with Crippen molar-refractivity contribution in [2.75, 3.05) is 27.4 Å². The fraction of sp³-hybridized carbons (Fsp3) is 0.276. The maximum absolute atomic E-state index is 12.5. The zero-order chi connectivity index (χ0) is 28.7. The second-order valence-electron chi connectivity index (χ2n) is 8.39. The zero-order valence-electron chi connectivity index (χ0n) is 22.2. The Bertz CT molecular complexity index is 1290. The molecule has 0 aliphatic rings. The third-order valence-corrected chi connectivity index (χ3v) is 6.53. The van der Waals surface area contributed by atoms with E-state index in [1.165, 1.54) is 7.11 Å². The average molecular weight is 678 g/mol. The van der Waals surface area contributed by atoms with Crippen LogP contribution >= 0.6 is 31.9 Å². The van der Waals surface area contributed by atoms with Gasteiger partial charge < -0.3 is 29.1 Å². The predicted molar refractivity (Wildman–Crippen MR) is 158 cm³/mol. The minimum Gasteiger partial charge on any atom is -0.497 e. The van der Waals surface area contributed by atoms with Gasteiger partial charge in [-0.25, -0.2) is 9.59 Å². The number of amides is 1. The summed E-state index contributed by atoms with van der Waals surface area (Å²) in [6.07, 6.45) is 0.140. The quantitative estimate of drug-likeness (QED) is 0.0937. The first-order valence-electron chi connectivity index (χ1n) is 12.3. The third-order valence-electron chi connectivity index (χ3n) is 5.48. The SMILES string of the molecule is COC(=O)/C(Cc1cc(Br)cc(Br)c1OCCCNC(=O)OCc1ccccc1)=N/OCc1ccc(OC)cc1. The Morgan fingerprint density at radius 2 is 1.65 bits per heavy atom. The van der Waals surface area contributed by atoms with Crippen molar-refractivity contribution < 1.29 is 33.4 Å². The number of ether oxygens (including phenoxy) is 4. The van der Waals surface area contributed by atoms with Gasteiger partial charge in [-0.2, -0.15) is 0 Å². The lowest BCUT2D eigenvalue weighted by Gasteiger charge is -2.15. The lowest BCUT2D eigenvalue weighted by Crippen LogP contribution is -2.26. The van der Waals surface area contributed by atoms with Crippen LogP contribution in [0.4, 0.5) is 4.79 Å². The summed E-state index contributed by atoms with van der Waals surface area (Å²) in [7, 11) is 2.88. The summed E-state index contributed by atoms with van der Waals surface area (Å²) in [5.74, 6) is 0.658. The lowest BCUT2D eigenvalue weighted by atomic mass is 10.1. The number of rotatable bonds is 14. The molecular weight excluding hydrogens is 648 g/mol. The number of alkyl carbamates (subject to hydrolysis) is 1. The van der Waals surface area contributed by atoms with Crippen LogP contribution in [-0.4, -0.2) is 45.1 Å². The molecule has 0 aliphatic carbocycles. The second kappa shape index (κ2) is 16.5. The van der Waals surface area contributed by atoms with Crippen LogP contribution in [0, 0.1) is 0 Å². The zero-order valence-corrected chi connectivity index (χ0v) is 25.3. The predicted octanol–water partition coefficient (Wildman–Crippen LogP) is 6.20. The van der Waals surface area contributed by atoms with E-state index in [2.05, 4.69) is 42.3 Å². The molecule has 0 spiro atoms. The summed E-state index contributed by atoms with van der Waals surface area (Å²) in [4.78, 5) is 29.9. The van der Waals surface area contributed by atoms with E-state index >= 15 is 0 Å². The van der Waals surface area contributed by atoms with Crippen molar-refractivity contribution in [2.45, 2.75) is 26.1 Å². The van der Waals surface area contributed by atoms with Crippen LogP contribution in [0.15, 0.2) is 80.8 Å². The minimum absolute atomic E-state index is 0.0775. The van der Waals surface area contributed by atoms with Gasteiger partial charge in [0.05, 0.1) is 25.3 Å². The molecule has 3 rings (SSSR count). The Morgan fingerprint density at radius 3 is 2.35 bits per heavy atom. The Kier molecular flexibility index (Phi) is 12.8. The fourth-order valence-corrected chi connectivity index (χ4v) is 4.89. The molecule has 1 N–H and O–H groups in total. The molecule has 0 heterocycles. The first kappa shape index (κ1) is 31.0. The highest BCUT2D eigenvalue weighted by Gasteiger charge is 2.19. The molecular formula is C29H30Br2N2O7. The summed E-state index contributed by atoms with van der Waals surface area (Å²) in [6.45, 7) is 1.04. The van der Waals surface area contributed by atoms with Crippen molar-refractivity contribution in [3.8, 4) is 11.5 Å². The van der Waals surface area contributed by atoms with Gasteiger partial charge in [-0.15, -0.1) is 0 Å². The van der Waals surface area contributed by atoms with Crippen molar-refractivity contribution in [1.82, 2.24) is 5.32 Å². The highest BCUT2D eigenvalue weighted by atomic mass is 79.9. The van der Waals surface area contributed by atoms with E-state index in [0.29, 0.717) is 35.4 Å². The fourth-order valence-electron chi connectivity index (χ4n) is 3.46. The van der Waals surface area contributed by atoms with Gasteiger partial charge >= 0.3 is 12.1 Å². The smallest absolute Gasteiger partial charge is 0.407 e. The third kappa shape index (κ3) is 10.2. The molecule has 3 aromatic carbocycles. The minimum atomic E-state index is -0.616. The number of halogens is 2. The van der Waals surface area contributed by atoms with Crippen LogP contribution in [0.1, 0.15) is 23.1 Å². The Morgan fingerprint density at radius 1 is 0.925 bits per heavy atom. The van der Waals surface area contributed by atoms with Crippen LogP contribution in [0.3, 0.4) is 0 Å². The molecule has 0 unspecified atom stereocenters. The van der Waals surface area contributed by atoms with Gasteiger partial charge in [-0.1, -0.05) is 63.6 Å². The van der Waals surface area contributed by atoms with Gasteiger partial charge in [0.2, 0.25) is 0 Å². The number of nitrogens with one attached hydrogen (secondary N) is 1. The van der Waals surface area contributed by atoms with E-state index in [1.807, 2.05) is 66.7 Å². The standard InChI is InChI=1S/C29H30Br2N2O7/c1-36-24-11-9-21(10-12-24)19-40-33-26(28(34)37-2)16-22-15-23(30)17-25(31)27(22)38-14-6-13-32-29(35)39-18-20-7-4-3-5-8-20/h3-5,7-12,15,17H,6,13-14,16,18-19H2,1-2H3,(H,32,35)/b33-26+. The van der Waals surface area contributed by atoms with Gasteiger partial charge in [-0.3, -0.25) is 0 Å². The van der Waals surface area contributed by atoms with Crippen LogP contribution in [-0.2, 0) is 38.7 Å². The topological polar surface area (TPSA) is 105 Å². The summed E-state index contributed by atoms with van der Waals surface area (Å²) in [5.41, 5.74) is 2.54. The van der Waals surface area contributed by atoms with Crippen molar-refractivity contribution in [1.29, 1.82) is 0 Å². The molecule has 3 aromatic rings. The number of hydrogen-bond donors (Lipinski definition) is 1. The summed E-state index contributed by atoms with van der Waals surface area (Å²) in [5, 5.41) is 6.77. The number of nitrogens with zero attached hydrogens (tertiary/aromatic N) is 1. The van der Waals surface area contributed by atoms with Crippen LogP contribution in [0.2, 0.25) is 0 Å². The van der Waals surface area contributed by atoms with Gasteiger partial charge in [0, 0.05) is 23.0 Å². The lowest BCUT2D eigenvalue weighted by molar-refractivity contribution is -0.133. The molecule has 40 heavy (non-hydrogen) atoms. The molecule has 11 heteroatoms. The molecule has 0 fully saturated rings. The van der Waals surface area contributed by atoms with Gasteiger partial charge in [0.15, 0.2) is 5.71 Å². The first-order chi connectivity index (χ1) is 19.4. The van der Waals surface area contributed by atoms with Gasteiger partial charge in [0.25, 0.3) is 0 Å². The summed E-state index contributed by atoms with van der Waals surface area (Å²) < 4.78 is 22.8. The molecule has 0 radical (unpaired) electrons. The Hall–Kier alpha value is -3.57. The Balaban J connectivity index is 1.56. The van der Waals surface area contributed by atoms with Crippen LogP contribution < -0.4 is 14.8 Å². The molecule has 0 aliphatic heterocycles. The molecule has 0 saturated carbocycles. The molecule has 0 bridgehead atoms. The van der Waals surface area contributed by atoms with E-state index in [9.17, 15) is 9.59 Å². The molecule has 1 amide bonds. The molecule has 0 atom stereocenters. The number of methoxy groups -OCH3 is 2. The van der Waals surface area contributed by atoms with Crippen LogP contribution in [0.25, 0.3) is 0 Å². The molecule has 0 saturated heterocycles. The van der Waals surface area contributed by atoms with E-state index in [-0.39, 0.29) is 25.3 Å². The van der Waals surface area contributed by atoms with Crippen molar-refractivity contribution in [2.24, 2.45) is 5.16 Å². The average Bonchev–Trinajstić information content (AvgIpc) is 2.96. The van der Waals surface area contributed by atoms with Gasteiger partial charge in [0.1, 0.15) is 24.7 Å². The maximum Gasteiger partial charge on any atom is 0.407 e. The number of oxime groups is 1. The van der Waals surface area contributed by atoms with Crippen molar-refractivity contribution >= 4 is 49.6 Å². The van der Waals surface area contributed by atoms with Gasteiger partial charge in [-0.05, 0) is 57.7 Å². The van der Waals surface area contributed by atoms with Crippen LogP contribution in [0.5, 0.6) is 11.5 Å². The van der Waals surface area contributed by atoms with E-state index in [4.69, 9.17) is 23.8 Å². The number of carbonyl (C=O) groups is 2. The maximum atomic E-state index is 12.5. The number of benzene rings is 3. The Labute approximate surface area is 250 Å². The molecule has 0 aromatic heterocycles. The van der Waals surface area contributed by atoms with E-state index < -0.39 is 12.1 Å². The summed E-state index contributed by atoms with van der Waals surface area (Å²) in [6, 6.07) is 20.5. The van der Waals surface area contributed by atoms with E-state index in [1.54, 1.807) is 7.11 Å². The molecule has 212 valence electrons. The van der Waals surface area contributed by atoms with Crippen molar-refractivity contribution in [3.05, 3.63) is 92.4 Å². The van der Waals surface area contributed by atoms with E-state index in [0.717, 1.165) is 21.3 Å². The normalized spacial score (nSPS) is 10.9. The largest absolute Gasteiger partial charge is 0.497 e. The number of carbonyl (C=O) groups excluding carboxylic acids is 2. The molecule has 9 nitrogen and oxygen atoms in total. The van der Waals surface area contributed by atoms with Crippen molar-refractivity contribution in [3.63, 3.8) is 0 Å². The summed E-state index contributed by atoms with van der Waals surface area (Å²) >= 11 is 7.01. The second-order valence-corrected chi connectivity index (χ2v) is 10.2. The highest BCUT2D eigenvalue weighted by Crippen LogP contribution is 2.33. The highest BCUT2D eigenvalue weighted by molar-refractivity contribution is 9.11. The number of esters is 1. The number of hydrogen-bond acceptors (Lipinski definition) is 8.